The maximum atomic E-state index is 13.4. The summed E-state index contributed by atoms with van der Waals surface area (Å²) in [5.74, 6) is -0.537. The first-order valence-electron chi connectivity index (χ1n) is 9.96. The Morgan fingerprint density at radius 2 is 1.62 bits per heavy atom. The molecule has 2 aliphatic heterocycles. The lowest BCUT2D eigenvalue weighted by atomic mass is 9.85. The van der Waals surface area contributed by atoms with E-state index in [9.17, 15) is 13.2 Å². The second-order valence-electron chi connectivity index (χ2n) is 7.64. The summed E-state index contributed by atoms with van der Waals surface area (Å²) in [6.07, 6.45) is 0. The summed E-state index contributed by atoms with van der Waals surface area (Å²) < 4.78 is 33.3. The standard InChI is InChI=1S/C22H26N2O4S/c1-17-7-5-6-10-19(17)20-15-24(29(26,27)18-8-3-2-4-9-18)16-21(20)22(25)23-11-13-28-14-12-23/h2-10,20-21H,11-16H2,1H3/t20-,21-/m1/s1. The summed E-state index contributed by atoms with van der Waals surface area (Å²) in [6.45, 7) is 4.69. The molecular weight excluding hydrogens is 388 g/mol. The maximum absolute atomic E-state index is 13.4. The Labute approximate surface area is 172 Å². The van der Waals surface area contributed by atoms with Gasteiger partial charge in [0.2, 0.25) is 15.9 Å². The molecule has 0 aromatic heterocycles. The molecule has 154 valence electrons. The van der Waals surface area contributed by atoms with E-state index in [1.54, 1.807) is 30.3 Å². The third-order valence-corrected chi connectivity index (χ3v) is 7.74. The highest BCUT2D eigenvalue weighted by atomic mass is 32.2. The van der Waals surface area contributed by atoms with Gasteiger partial charge in [0.15, 0.2) is 0 Å². The predicted molar refractivity (Wildman–Crippen MR) is 110 cm³/mol. The molecule has 2 aromatic carbocycles. The quantitative estimate of drug-likeness (QED) is 0.770. The van der Waals surface area contributed by atoms with Gasteiger partial charge in [-0.05, 0) is 30.2 Å². The zero-order chi connectivity index (χ0) is 20.4. The third-order valence-electron chi connectivity index (χ3n) is 5.90. The van der Waals surface area contributed by atoms with Gasteiger partial charge in [-0.2, -0.15) is 4.31 Å². The Bertz CT molecular complexity index is 971. The fraction of sp³-hybridized carbons (Fsp3) is 0.409. The van der Waals surface area contributed by atoms with Crippen molar-refractivity contribution in [2.75, 3.05) is 39.4 Å². The normalized spacial score (nSPS) is 23.3. The molecule has 4 rings (SSSR count). The number of carbonyl (C=O) groups excluding carboxylic acids is 1. The minimum absolute atomic E-state index is 0.0207. The highest BCUT2D eigenvalue weighted by Crippen LogP contribution is 2.38. The number of amides is 1. The topological polar surface area (TPSA) is 66.9 Å². The fourth-order valence-electron chi connectivity index (χ4n) is 4.29. The van der Waals surface area contributed by atoms with E-state index in [0.29, 0.717) is 32.8 Å². The van der Waals surface area contributed by atoms with Gasteiger partial charge in [-0.15, -0.1) is 0 Å². The predicted octanol–water partition coefficient (Wildman–Crippen LogP) is 2.26. The number of morpholine rings is 1. The summed E-state index contributed by atoms with van der Waals surface area (Å²) in [6, 6.07) is 16.4. The Morgan fingerprint density at radius 1 is 0.966 bits per heavy atom. The number of hydrogen-bond donors (Lipinski definition) is 0. The summed E-state index contributed by atoms with van der Waals surface area (Å²) in [4.78, 5) is 15.4. The molecule has 6 nitrogen and oxygen atoms in total. The van der Waals surface area contributed by atoms with Crippen LogP contribution in [0.5, 0.6) is 0 Å². The first kappa shape index (κ1) is 20.1. The number of ether oxygens (including phenoxy) is 1. The molecule has 2 aromatic rings. The van der Waals surface area contributed by atoms with Crippen molar-refractivity contribution in [2.24, 2.45) is 5.92 Å². The molecule has 2 saturated heterocycles. The number of benzene rings is 2. The Hall–Kier alpha value is -2.22. The maximum Gasteiger partial charge on any atom is 0.243 e. The lowest BCUT2D eigenvalue weighted by Gasteiger charge is -2.31. The van der Waals surface area contributed by atoms with Crippen LogP contribution in [0, 0.1) is 12.8 Å². The molecule has 0 radical (unpaired) electrons. The molecule has 29 heavy (non-hydrogen) atoms. The fourth-order valence-corrected chi connectivity index (χ4v) is 5.80. The first-order chi connectivity index (χ1) is 14.0. The number of hydrogen-bond acceptors (Lipinski definition) is 4. The van der Waals surface area contributed by atoms with E-state index in [4.69, 9.17) is 4.74 Å². The van der Waals surface area contributed by atoms with Crippen LogP contribution in [0.4, 0.5) is 0 Å². The van der Waals surface area contributed by atoms with E-state index in [-0.39, 0.29) is 23.3 Å². The van der Waals surface area contributed by atoms with Crippen molar-refractivity contribution in [2.45, 2.75) is 17.7 Å². The second-order valence-corrected chi connectivity index (χ2v) is 9.58. The summed E-state index contributed by atoms with van der Waals surface area (Å²) in [7, 11) is -3.65. The van der Waals surface area contributed by atoms with Crippen LogP contribution in [0.1, 0.15) is 17.0 Å². The number of carbonyl (C=O) groups is 1. The van der Waals surface area contributed by atoms with Gasteiger partial charge in [-0.3, -0.25) is 4.79 Å². The van der Waals surface area contributed by atoms with Crippen molar-refractivity contribution in [3.8, 4) is 0 Å². The monoisotopic (exact) mass is 414 g/mol. The van der Waals surface area contributed by atoms with Crippen LogP contribution in [0.15, 0.2) is 59.5 Å². The molecule has 2 atom stereocenters. The molecule has 2 aliphatic rings. The number of nitrogens with zero attached hydrogens (tertiary/aromatic N) is 2. The van der Waals surface area contributed by atoms with E-state index < -0.39 is 15.9 Å². The SMILES string of the molecule is Cc1ccccc1[C@H]1CN(S(=O)(=O)c2ccccc2)C[C@H]1C(=O)N1CCOCC1. The molecule has 0 unspecified atom stereocenters. The van der Waals surface area contributed by atoms with Gasteiger partial charge in [0.1, 0.15) is 0 Å². The molecule has 0 bridgehead atoms. The van der Waals surface area contributed by atoms with Crippen molar-refractivity contribution in [3.05, 3.63) is 65.7 Å². The Balaban J connectivity index is 1.67. The smallest absolute Gasteiger partial charge is 0.243 e. The van der Waals surface area contributed by atoms with Crippen LogP contribution in [0.25, 0.3) is 0 Å². The number of sulfonamides is 1. The van der Waals surface area contributed by atoms with Crippen molar-refractivity contribution < 1.29 is 17.9 Å². The molecule has 2 heterocycles. The molecule has 0 N–H and O–H groups in total. The number of aryl methyl sites for hydroxylation is 1. The molecule has 1 amide bonds. The molecule has 0 saturated carbocycles. The van der Waals surface area contributed by atoms with Crippen LogP contribution in [0.2, 0.25) is 0 Å². The van der Waals surface area contributed by atoms with Gasteiger partial charge in [0.25, 0.3) is 0 Å². The minimum Gasteiger partial charge on any atom is -0.378 e. The zero-order valence-electron chi connectivity index (χ0n) is 16.5. The van der Waals surface area contributed by atoms with Gasteiger partial charge < -0.3 is 9.64 Å². The van der Waals surface area contributed by atoms with Gasteiger partial charge in [-0.25, -0.2) is 8.42 Å². The first-order valence-corrected chi connectivity index (χ1v) is 11.4. The highest BCUT2D eigenvalue weighted by Gasteiger charge is 2.45. The van der Waals surface area contributed by atoms with Crippen LogP contribution < -0.4 is 0 Å². The van der Waals surface area contributed by atoms with Crippen molar-refractivity contribution in [3.63, 3.8) is 0 Å². The summed E-state index contributed by atoms with van der Waals surface area (Å²) in [5.41, 5.74) is 2.13. The van der Waals surface area contributed by atoms with Gasteiger partial charge in [-0.1, -0.05) is 42.5 Å². The Kier molecular flexibility index (Phi) is 5.72. The van der Waals surface area contributed by atoms with Crippen LogP contribution >= 0.6 is 0 Å². The van der Waals surface area contributed by atoms with E-state index in [0.717, 1.165) is 11.1 Å². The van der Waals surface area contributed by atoms with E-state index in [1.165, 1.54) is 4.31 Å². The average molecular weight is 415 g/mol. The summed E-state index contributed by atoms with van der Waals surface area (Å²) in [5, 5.41) is 0. The van der Waals surface area contributed by atoms with Crippen molar-refractivity contribution in [1.82, 2.24) is 9.21 Å². The molecule has 0 spiro atoms. The largest absolute Gasteiger partial charge is 0.378 e. The van der Waals surface area contributed by atoms with Gasteiger partial charge in [0, 0.05) is 32.1 Å². The van der Waals surface area contributed by atoms with Crippen molar-refractivity contribution >= 4 is 15.9 Å². The average Bonchev–Trinajstić information content (AvgIpc) is 3.21. The van der Waals surface area contributed by atoms with E-state index in [2.05, 4.69) is 0 Å². The van der Waals surface area contributed by atoms with Gasteiger partial charge in [0.05, 0.1) is 24.0 Å². The van der Waals surface area contributed by atoms with Crippen LogP contribution in [0.3, 0.4) is 0 Å². The highest BCUT2D eigenvalue weighted by molar-refractivity contribution is 7.89. The molecule has 0 aliphatic carbocycles. The zero-order valence-corrected chi connectivity index (χ0v) is 17.3. The lowest BCUT2D eigenvalue weighted by Crippen LogP contribution is -2.45. The molecule has 7 heteroatoms. The second kappa shape index (κ2) is 8.26. The number of rotatable bonds is 4. The minimum atomic E-state index is -3.65. The molecule has 2 fully saturated rings. The van der Waals surface area contributed by atoms with Crippen LogP contribution in [-0.2, 0) is 19.6 Å². The Morgan fingerprint density at radius 3 is 2.31 bits per heavy atom. The van der Waals surface area contributed by atoms with E-state index >= 15 is 0 Å². The van der Waals surface area contributed by atoms with Crippen molar-refractivity contribution in [1.29, 1.82) is 0 Å². The summed E-state index contributed by atoms with van der Waals surface area (Å²) >= 11 is 0. The lowest BCUT2D eigenvalue weighted by molar-refractivity contribution is -0.139. The van der Waals surface area contributed by atoms with Crippen LogP contribution in [-0.4, -0.2) is 62.9 Å². The molecular formula is C22H26N2O4S. The van der Waals surface area contributed by atoms with Gasteiger partial charge >= 0.3 is 0 Å². The van der Waals surface area contributed by atoms with E-state index in [1.807, 2.05) is 36.1 Å². The third kappa shape index (κ3) is 3.95.